The summed E-state index contributed by atoms with van der Waals surface area (Å²) in [7, 11) is 0. The van der Waals surface area contributed by atoms with Crippen molar-refractivity contribution in [2.75, 3.05) is 19.8 Å². The third-order valence-electron chi connectivity index (χ3n) is 0.878. The first-order valence-corrected chi connectivity index (χ1v) is 3.10. The van der Waals surface area contributed by atoms with Crippen molar-refractivity contribution in [2.24, 2.45) is 0 Å². The zero-order valence-electron chi connectivity index (χ0n) is 5.39. The summed E-state index contributed by atoms with van der Waals surface area (Å²) in [5.41, 5.74) is 0. The van der Waals surface area contributed by atoms with Gasteiger partial charge in [0.1, 0.15) is 0 Å². The SMILES string of the molecule is CCCCOCCO.[NaH]. The Morgan fingerprint density at radius 2 is 2.00 bits per heavy atom. The van der Waals surface area contributed by atoms with Gasteiger partial charge < -0.3 is 9.84 Å². The zero-order valence-corrected chi connectivity index (χ0v) is 5.39. The molecule has 1 N–H and O–H groups in total. The van der Waals surface area contributed by atoms with Gasteiger partial charge in [0.2, 0.25) is 0 Å². The third-order valence-corrected chi connectivity index (χ3v) is 0.878. The normalized spacial score (nSPS) is 8.67. The summed E-state index contributed by atoms with van der Waals surface area (Å²) in [5.74, 6) is 0. The summed E-state index contributed by atoms with van der Waals surface area (Å²) in [5, 5.41) is 8.24. The molecule has 0 fully saturated rings. The molecule has 0 unspecified atom stereocenters. The molecule has 0 spiro atoms. The second kappa shape index (κ2) is 11.7. The van der Waals surface area contributed by atoms with Gasteiger partial charge in [-0.3, -0.25) is 0 Å². The molecule has 0 heterocycles. The molecule has 0 aromatic carbocycles. The average molecular weight is 142 g/mol. The Bertz CT molecular complexity index is 36.0. The van der Waals surface area contributed by atoms with E-state index in [0.717, 1.165) is 19.4 Å². The molecular formula is C6H15NaO2. The Morgan fingerprint density at radius 3 is 2.44 bits per heavy atom. The molecule has 2 nitrogen and oxygen atoms in total. The van der Waals surface area contributed by atoms with Crippen LogP contribution in [0.3, 0.4) is 0 Å². The van der Waals surface area contributed by atoms with Crippen molar-refractivity contribution in [3.8, 4) is 0 Å². The van der Waals surface area contributed by atoms with Crippen molar-refractivity contribution in [1.82, 2.24) is 0 Å². The number of unbranched alkanes of at least 4 members (excludes halogenated alkanes) is 1. The van der Waals surface area contributed by atoms with E-state index in [4.69, 9.17) is 9.84 Å². The van der Waals surface area contributed by atoms with Crippen molar-refractivity contribution in [2.45, 2.75) is 19.8 Å². The van der Waals surface area contributed by atoms with E-state index in [2.05, 4.69) is 6.92 Å². The van der Waals surface area contributed by atoms with Gasteiger partial charge in [0.25, 0.3) is 0 Å². The van der Waals surface area contributed by atoms with Crippen LogP contribution in [0.5, 0.6) is 0 Å². The molecule has 0 aliphatic carbocycles. The standard InChI is InChI=1S/C6H14O2.Na.H/c1-2-3-5-8-6-4-7;;/h7H,2-6H2,1H3;;. The fraction of sp³-hybridized carbons (Fsp3) is 1.00. The van der Waals surface area contributed by atoms with E-state index < -0.39 is 0 Å². The first-order valence-electron chi connectivity index (χ1n) is 3.10. The molecule has 0 aromatic rings. The van der Waals surface area contributed by atoms with Gasteiger partial charge in [-0.1, -0.05) is 13.3 Å². The molecule has 0 aromatic heterocycles. The Balaban J connectivity index is 0. The average Bonchev–Trinajstić information content (AvgIpc) is 1.81. The molecule has 3 heteroatoms. The predicted octanol–water partition coefficient (Wildman–Crippen LogP) is 0.147. The second-order valence-corrected chi connectivity index (χ2v) is 1.69. The molecule has 0 amide bonds. The molecule has 0 saturated heterocycles. The van der Waals surface area contributed by atoms with E-state index in [-0.39, 0.29) is 36.2 Å². The van der Waals surface area contributed by atoms with Crippen LogP contribution in [0.1, 0.15) is 19.8 Å². The molecule has 0 bridgehead atoms. The fourth-order valence-electron chi connectivity index (χ4n) is 0.413. The van der Waals surface area contributed by atoms with Gasteiger partial charge in [-0.15, -0.1) is 0 Å². The van der Waals surface area contributed by atoms with Gasteiger partial charge in [-0.2, -0.15) is 0 Å². The number of ether oxygens (including phenoxy) is 1. The van der Waals surface area contributed by atoms with Gasteiger partial charge in [0, 0.05) is 6.61 Å². The van der Waals surface area contributed by atoms with E-state index in [0.29, 0.717) is 6.61 Å². The number of aliphatic hydroxyl groups is 1. The van der Waals surface area contributed by atoms with Crippen LogP contribution in [0, 0.1) is 0 Å². The first kappa shape index (κ1) is 12.6. The van der Waals surface area contributed by atoms with Crippen LogP contribution in [-0.4, -0.2) is 54.5 Å². The van der Waals surface area contributed by atoms with Gasteiger partial charge in [-0.25, -0.2) is 0 Å². The van der Waals surface area contributed by atoms with E-state index in [1.165, 1.54) is 0 Å². The molecule has 0 saturated carbocycles. The van der Waals surface area contributed by atoms with Crippen LogP contribution < -0.4 is 0 Å². The summed E-state index contributed by atoms with van der Waals surface area (Å²) in [6.07, 6.45) is 2.26. The van der Waals surface area contributed by atoms with Crippen molar-refractivity contribution in [1.29, 1.82) is 0 Å². The summed E-state index contributed by atoms with van der Waals surface area (Å²) in [4.78, 5) is 0. The Kier molecular flexibility index (Phi) is 16.3. The van der Waals surface area contributed by atoms with Crippen LogP contribution in [0.4, 0.5) is 0 Å². The summed E-state index contributed by atoms with van der Waals surface area (Å²) >= 11 is 0. The number of hydrogen-bond donors (Lipinski definition) is 1. The molecule has 0 radical (unpaired) electrons. The van der Waals surface area contributed by atoms with Crippen LogP contribution in [0.15, 0.2) is 0 Å². The second-order valence-electron chi connectivity index (χ2n) is 1.69. The van der Waals surface area contributed by atoms with E-state index >= 15 is 0 Å². The van der Waals surface area contributed by atoms with Gasteiger partial charge >= 0.3 is 29.6 Å². The summed E-state index contributed by atoms with van der Waals surface area (Å²) in [6, 6.07) is 0. The topological polar surface area (TPSA) is 29.5 Å². The van der Waals surface area contributed by atoms with Gasteiger partial charge in [0.15, 0.2) is 0 Å². The maximum atomic E-state index is 8.24. The Labute approximate surface area is 78.9 Å². The summed E-state index contributed by atoms with van der Waals surface area (Å²) in [6.45, 7) is 3.53. The number of aliphatic hydroxyl groups excluding tert-OH is 1. The van der Waals surface area contributed by atoms with Crippen LogP contribution in [-0.2, 0) is 4.74 Å². The monoisotopic (exact) mass is 142 g/mol. The fourth-order valence-corrected chi connectivity index (χ4v) is 0.413. The molecular weight excluding hydrogens is 127 g/mol. The molecule has 52 valence electrons. The van der Waals surface area contributed by atoms with Crippen LogP contribution >= 0.6 is 0 Å². The van der Waals surface area contributed by atoms with Gasteiger partial charge in [-0.05, 0) is 6.42 Å². The minimum atomic E-state index is 0. The Hall–Kier alpha value is 0.920. The predicted molar refractivity (Wildman–Crippen MR) is 40.0 cm³/mol. The number of rotatable bonds is 5. The maximum absolute atomic E-state index is 8.24. The van der Waals surface area contributed by atoms with E-state index in [1.807, 2.05) is 0 Å². The van der Waals surface area contributed by atoms with Crippen LogP contribution in [0.25, 0.3) is 0 Å². The molecule has 0 aliphatic heterocycles. The van der Waals surface area contributed by atoms with Crippen molar-refractivity contribution >= 4 is 29.6 Å². The van der Waals surface area contributed by atoms with Crippen molar-refractivity contribution < 1.29 is 9.84 Å². The van der Waals surface area contributed by atoms with Gasteiger partial charge in [0.05, 0.1) is 13.2 Å². The quantitative estimate of drug-likeness (QED) is 0.437. The third kappa shape index (κ3) is 12.2. The molecule has 9 heavy (non-hydrogen) atoms. The van der Waals surface area contributed by atoms with Crippen molar-refractivity contribution in [3.05, 3.63) is 0 Å². The van der Waals surface area contributed by atoms with Crippen molar-refractivity contribution in [3.63, 3.8) is 0 Å². The Morgan fingerprint density at radius 1 is 1.33 bits per heavy atom. The molecule has 0 atom stereocenters. The minimum absolute atomic E-state index is 0. The molecule has 0 aliphatic rings. The summed E-state index contributed by atoms with van der Waals surface area (Å²) < 4.78 is 4.97. The first-order chi connectivity index (χ1) is 3.91. The van der Waals surface area contributed by atoms with Crippen LogP contribution in [0.2, 0.25) is 0 Å². The van der Waals surface area contributed by atoms with E-state index in [1.54, 1.807) is 0 Å². The zero-order chi connectivity index (χ0) is 6.24. The molecule has 0 rings (SSSR count). The number of hydrogen-bond acceptors (Lipinski definition) is 2. The van der Waals surface area contributed by atoms with E-state index in [9.17, 15) is 0 Å².